The summed E-state index contributed by atoms with van der Waals surface area (Å²) in [7, 11) is 0. The third kappa shape index (κ3) is 3.60. The van der Waals surface area contributed by atoms with Crippen LogP contribution in [0.4, 0.5) is 10.5 Å². The molecule has 0 spiro atoms. The number of anilines is 1. The summed E-state index contributed by atoms with van der Waals surface area (Å²) in [6, 6.07) is 1.62. The van der Waals surface area contributed by atoms with Crippen LogP contribution in [0.25, 0.3) is 0 Å². The molecule has 2 amide bonds. The van der Waals surface area contributed by atoms with Gasteiger partial charge >= 0.3 is 12.0 Å². The van der Waals surface area contributed by atoms with Gasteiger partial charge in [0.1, 0.15) is 6.04 Å². The number of pyridine rings is 1. The van der Waals surface area contributed by atoms with Gasteiger partial charge in [-0.2, -0.15) is 0 Å². The minimum Gasteiger partial charge on any atom is -0.480 e. The van der Waals surface area contributed by atoms with Gasteiger partial charge in [0, 0.05) is 19.0 Å². The van der Waals surface area contributed by atoms with Crippen molar-refractivity contribution in [3.63, 3.8) is 0 Å². The number of amides is 2. The Labute approximate surface area is 121 Å². The van der Waals surface area contributed by atoms with Gasteiger partial charge in [-0.05, 0) is 13.0 Å². The summed E-state index contributed by atoms with van der Waals surface area (Å²) in [4.78, 5) is 28.2. The van der Waals surface area contributed by atoms with E-state index in [-0.39, 0.29) is 13.0 Å². The molecule has 0 radical (unpaired) electrons. The molecule has 2 atom stereocenters. The molecule has 1 fully saturated rings. The van der Waals surface area contributed by atoms with Crippen LogP contribution in [0.15, 0.2) is 18.3 Å². The Morgan fingerprint density at radius 3 is 2.86 bits per heavy atom. The number of carbonyl (C=O) groups excluding carboxylic acids is 1. The zero-order valence-electron chi connectivity index (χ0n) is 11.5. The van der Waals surface area contributed by atoms with Gasteiger partial charge < -0.3 is 25.2 Å². The third-order valence-electron chi connectivity index (χ3n) is 3.10. The number of aliphatic hydroxyl groups excluding tert-OH is 1. The van der Waals surface area contributed by atoms with E-state index in [4.69, 9.17) is 9.84 Å². The van der Waals surface area contributed by atoms with E-state index in [9.17, 15) is 14.7 Å². The molecule has 21 heavy (non-hydrogen) atoms. The van der Waals surface area contributed by atoms with Crippen molar-refractivity contribution < 1.29 is 24.5 Å². The van der Waals surface area contributed by atoms with E-state index in [0.29, 0.717) is 18.2 Å². The van der Waals surface area contributed by atoms with Gasteiger partial charge in [-0.15, -0.1) is 0 Å². The first kappa shape index (κ1) is 15.0. The molecule has 0 unspecified atom stereocenters. The number of hydrogen-bond acceptors (Lipinski definition) is 5. The van der Waals surface area contributed by atoms with Crippen LogP contribution in [0.3, 0.4) is 0 Å². The van der Waals surface area contributed by atoms with E-state index < -0.39 is 24.1 Å². The zero-order chi connectivity index (χ0) is 15.4. The fourth-order valence-electron chi connectivity index (χ4n) is 2.16. The van der Waals surface area contributed by atoms with Crippen molar-refractivity contribution in [2.45, 2.75) is 25.5 Å². The molecular weight excluding hydrogens is 278 g/mol. The fourth-order valence-corrected chi connectivity index (χ4v) is 2.16. The van der Waals surface area contributed by atoms with Gasteiger partial charge in [0.2, 0.25) is 5.88 Å². The first-order valence-electron chi connectivity index (χ1n) is 6.58. The molecule has 0 aromatic carbocycles. The Kier molecular flexibility index (Phi) is 4.59. The first-order chi connectivity index (χ1) is 10.0. The lowest BCUT2D eigenvalue weighted by Crippen LogP contribution is -2.43. The van der Waals surface area contributed by atoms with Gasteiger partial charge in [0.25, 0.3) is 0 Å². The van der Waals surface area contributed by atoms with Crippen LogP contribution in [-0.2, 0) is 4.79 Å². The normalized spacial score (nSPS) is 21.1. The highest BCUT2D eigenvalue weighted by Crippen LogP contribution is 2.20. The van der Waals surface area contributed by atoms with Crippen LogP contribution < -0.4 is 10.1 Å². The highest BCUT2D eigenvalue weighted by atomic mass is 16.5. The lowest BCUT2D eigenvalue weighted by atomic mass is 10.2. The number of nitrogens with one attached hydrogen (secondary N) is 1. The number of likely N-dealkylation sites (tertiary alicyclic amines) is 1. The number of aliphatic hydroxyl groups is 1. The molecule has 2 rings (SSSR count). The molecule has 3 N–H and O–H groups in total. The van der Waals surface area contributed by atoms with Crippen molar-refractivity contribution in [3.8, 4) is 5.88 Å². The molecule has 1 aromatic rings. The molecule has 1 aliphatic heterocycles. The van der Waals surface area contributed by atoms with Crippen molar-refractivity contribution in [1.29, 1.82) is 0 Å². The quantitative estimate of drug-likeness (QED) is 0.747. The molecule has 0 saturated carbocycles. The summed E-state index contributed by atoms with van der Waals surface area (Å²) in [5.74, 6) is -0.693. The maximum atomic E-state index is 12.1. The molecule has 1 aliphatic rings. The van der Waals surface area contributed by atoms with E-state index in [0.717, 1.165) is 4.90 Å². The van der Waals surface area contributed by atoms with Crippen molar-refractivity contribution in [2.24, 2.45) is 0 Å². The number of nitrogens with zero attached hydrogens (tertiary/aromatic N) is 2. The van der Waals surface area contributed by atoms with Crippen LogP contribution in [0.2, 0.25) is 0 Å². The average molecular weight is 295 g/mol. The van der Waals surface area contributed by atoms with E-state index in [2.05, 4.69) is 10.3 Å². The van der Waals surface area contributed by atoms with Crippen molar-refractivity contribution in [3.05, 3.63) is 18.3 Å². The predicted molar refractivity (Wildman–Crippen MR) is 73.2 cm³/mol. The maximum absolute atomic E-state index is 12.1. The highest BCUT2D eigenvalue weighted by molar-refractivity contribution is 5.92. The predicted octanol–water partition coefficient (Wildman–Crippen LogP) is 0.532. The summed E-state index contributed by atoms with van der Waals surface area (Å²) in [6.45, 7) is 2.32. The van der Waals surface area contributed by atoms with E-state index >= 15 is 0 Å². The summed E-state index contributed by atoms with van der Waals surface area (Å²) >= 11 is 0. The van der Waals surface area contributed by atoms with Crippen LogP contribution in [0.1, 0.15) is 13.3 Å². The van der Waals surface area contributed by atoms with E-state index in [1.54, 1.807) is 12.1 Å². The summed E-state index contributed by atoms with van der Waals surface area (Å²) < 4.78 is 5.18. The molecule has 2 heterocycles. The number of aliphatic carboxylic acids is 1. The standard InChI is InChI=1S/C13H17N3O5/c1-2-21-11-4-3-8(6-14-11)15-13(20)16-7-9(17)5-10(16)12(18)19/h3-4,6,9-10,17H,2,5,7H2,1H3,(H,15,20)(H,18,19)/t9-,10+/m1/s1. The van der Waals surface area contributed by atoms with Gasteiger partial charge in [-0.1, -0.05) is 0 Å². The smallest absolute Gasteiger partial charge is 0.326 e. The Hall–Kier alpha value is -2.35. The largest absolute Gasteiger partial charge is 0.480 e. The molecule has 8 nitrogen and oxygen atoms in total. The van der Waals surface area contributed by atoms with Crippen LogP contribution >= 0.6 is 0 Å². The van der Waals surface area contributed by atoms with Gasteiger partial charge in [0.05, 0.1) is 24.6 Å². The van der Waals surface area contributed by atoms with Crippen LogP contribution in [0.5, 0.6) is 5.88 Å². The lowest BCUT2D eigenvalue weighted by molar-refractivity contribution is -0.141. The number of carboxylic acid groups (broad SMARTS) is 1. The van der Waals surface area contributed by atoms with Crippen LogP contribution in [0, 0.1) is 0 Å². The molecule has 1 saturated heterocycles. The van der Waals surface area contributed by atoms with Crippen molar-refractivity contribution in [1.82, 2.24) is 9.88 Å². The summed E-state index contributed by atoms with van der Waals surface area (Å²) in [6.07, 6.45) is 0.630. The van der Waals surface area contributed by atoms with Gasteiger partial charge in [-0.25, -0.2) is 14.6 Å². The van der Waals surface area contributed by atoms with Crippen molar-refractivity contribution in [2.75, 3.05) is 18.5 Å². The second-order valence-electron chi connectivity index (χ2n) is 4.64. The number of carboxylic acids is 1. The van der Waals surface area contributed by atoms with E-state index in [1.165, 1.54) is 6.20 Å². The Morgan fingerprint density at radius 1 is 1.52 bits per heavy atom. The minimum atomic E-state index is -1.13. The molecule has 114 valence electrons. The van der Waals surface area contributed by atoms with Crippen molar-refractivity contribution >= 4 is 17.7 Å². The molecule has 1 aromatic heterocycles. The number of ether oxygens (including phenoxy) is 1. The minimum absolute atomic E-state index is 0.00669. The average Bonchev–Trinajstić information content (AvgIpc) is 2.84. The van der Waals surface area contributed by atoms with Crippen LogP contribution in [-0.4, -0.2) is 57.4 Å². The maximum Gasteiger partial charge on any atom is 0.326 e. The number of aromatic nitrogens is 1. The molecule has 0 bridgehead atoms. The zero-order valence-corrected chi connectivity index (χ0v) is 11.5. The fraction of sp³-hybridized carbons (Fsp3) is 0.462. The van der Waals surface area contributed by atoms with Gasteiger partial charge in [0.15, 0.2) is 0 Å². The lowest BCUT2D eigenvalue weighted by Gasteiger charge is -2.21. The van der Waals surface area contributed by atoms with Gasteiger partial charge in [-0.3, -0.25) is 0 Å². The first-order valence-corrected chi connectivity index (χ1v) is 6.58. The Balaban J connectivity index is 2.01. The second kappa shape index (κ2) is 6.40. The Morgan fingerprint density at radius 2 is 2.29 bits per heavy atom. The number of rotatable bonds is 4. The second-order valence-corrected chi connectivity index (χ2v) is 4.64. The number of hydrogen-bond donors (Lipinski definition) is 3. The monoisotopic (exact) mass is 295 g/mol. The molecular formula is C13H17N3O5. The Bertz CT molecular complexity index is 519. The number of urea groups is 1. The molecule has 8 heteroatoms. The summed E-state index contributed by atoms with van der Waals surface area (Å²) in [5.41, 5.74) is 0.425. The van der Waals surface area contributed by atoms with E-state index in [1.807, 2.05) is 6.92 Å². The number of β-amino-alcohol motifs (C(OH)–C–C–N with tert-alkyl or cyclic N) is 1. The SMILES string of the molecule is CCOc1ccc(NC(=O)N2C[C@H](O)C[C@H]2C(=O)O)cn1. The summed E-state index contributed by atoms with van der Waals surface area (Å²) in [5, 5.41) is 21.1. The molecule has 0 aliphatic carbocycles. The number of carbonyl (C=O) groups is 2. The highest BCUT2D eigenvalue weighted by Gasteiger charge is 2.38. The third-order valence-corrected chi connectivity index (χ3v) is 3.10. The topological polar surface area (TPSA) is 112 Å².